The van der Waals surface area contributed by atoms with Gasteiger partial charge in [0.2, 0.25) is 5.91 Å². The van der Waals surface area contributed by atoms with Crippen LogP contribution in [0.5, 0.6) is 0 Å². The SMILES string of the molecule is CC(=O)C(C)C(=O)NCc1ccc(F)cc1F. The zero-order valence-electron chi connectivity index (χ0n) is 9.59. The van der Waals surface area contributed by atoms with E-state index in [1.807, 2.05) is 0 Å². The van der Waals surface area contributed by atoms with Crippen LogP contribution in [-0.2, 0) is 16.1 Å². The number of carbonyl (C=O) groups excluding carboxylic acids is 2. The molecule has 0 radical (unpaired) electrons. The number of nitrogens with one attached hydrogen (secondary N) is 1. The number of halogens is 2. The Morgan fingerprint density at radius 1 is 1.35 bits per heavy atom. The zero-order valence-corrected chi connectivity index (χ0v) is 9.59. The lowest BCUT2D eigenvalue weighted by molar-refractivity contribution is -0.132. The molecule has 0 heterocycles. The van der Waals surface area contributed by atoms with E-state index in [0.717, 1.165) is 12.1 Å². The Kier molecular flexibility index (Phi) is 4.31. The minimum Gasteiger partial charge on any atom is -0.351 e. The first kappa shape index (κ1) is 13.3. The third-order valence-corrected chi connectivity index (χ3v) is 2.47. The minimum absolute atomic E-state index is 0.0669. The van der Waals surface area contributed by atoms with Gasteiger partial charge >= 0.3 is 0 Å². The third-order valence-electron chi connectivity index (χ3n) is 2.47. The number of ketones is 1. The van der Waals surface area contributed by atoms with E-state index < -0.39 is 23.5 Å². The zero-order chi connectivity index (χ0) is 13.0. The van der Waals surface area contributed by atoms with Crippen LogP contribution >= 0.6 is 0 Å². The lowest BCUT2D eigenvalue weighted by atomic mass is 10.1. The van der Waals surface area contributed by atoms with E-state index in [1.165, 1.54) is 19.9 Å². The van der Waals surface area contributed by atoms with Crippen LogP contribution in [0.2, 0.25) is 0 Å². The van der Waals surface area contributed by atoms with Crippen LogP contribution < -0.4 is 5.32 Å². The van der Waals surface area contributed by atoms with Crippen molar-refractivity contribution in [2.45, 2.75) is 20.4 Å². The van der Waals surface area contributed by atoms with Crippen molar-refractivity contribution in [3.63, 3.8) is 0 Å². The first-order chi connectivity index (χ1) is 7.91. The number of carbonyl (C=O) groups is 2. The second-order valence-corrected chi connectivity index (χ2v) is 3.79. The van der Waals surface area contributed by atoms with Gasteiger partial charge in [0.1, 0.15) is 17.4 Å². The van der Waals surface area contributed by atoms with E-state index in [2.05, 4.69) is 5.32 Å². The maximum Gasteiger partial charge on any atom is 0.230 e. The van der Waals surface area contributed by atoms with E-state index >= 15 is 0 Å². The quantitative estimate of drug-likeness (QED) is 0.817. The van der Waals surface area contributed by atoms with Crippen molar-refractivity contribution in [1.82, 2.24) is 5.32 Å². The second-order valence-electron chi connectivity index (χ2n) is 3.79. The molecule has 17 heavy (non-hydrogen) atoms. The van der Waals surface area contributed by atoms with Gasteiger partial charge in [0.25, 0.3) is 0 Å². The van der Waals surface area contributed by atoms with E-state index in [1.54, 1.807) is 0 Å². The van der Waals surface area contributed by atoms with Gasteiger partial charge in [-0.1, -0.05) is 6.07 Å². The van der Waals surface area contributed by atoms with Gasteiger partial charge in [0.15, 0.2) is 0 Å². The van der Waals surface area contributed by atoms with Gasteiger partial charge in [-0.25, -0.2) is 8.78 Å². The molecular weight excluding hydrogens is 228 g/mol. The van der Waals surface area contributed by atoms with Crippen LogP contribution in [-0.4, -0.2) is 11.7 Å². The average molecular weight is 241 g/mol. The third kappa shape index (κ3) is 3.62. The van der Waals surface area contributed by atoms with E-state index in [9.17, 15) is 18.4 Å². The molecule has 0 bridgehead atoms. The van der Waals surface area contributed by atoms with Gasteiger partial charge in [-0.2, -0.15) is 0 Å². The summed E-state index contributed by atoms with van der Waals surface area (Å²) in [6, 6.07) is 3.11. The fourth-order valence-corrected chi connectivity index (χ4v) is 1.19. The highest BCUT2D eigenvalue weighted by molar-refractivity contribution is 5.99. The molecule has 5 heteroatoms. The Labute approximate surface area is 97.8 Å². The van der Waals surface area contributed by atoms with E-state index in [-0.39, 0.29) is 17.9 Å². The predicted molar refractivity (Wildman–Crippen MR) is 58.0 cm³/mol. The van der Waals surface area contributed by atoms with Crippen LogP contribution in [0.3, 0.4) is 0 Å². The number of hydrogen-bond donors (Lipinski definition) is 1. The molecule has 0 aromatic heterocycles. The summed E-state index contributed by atoms with van der Waals surface area (Å²) in [5, 5.41) is 2.42. The van der Waals surface area contributed by atoms with E-state index in [0.29, 0.717) is 0 Å². The molecule has 1 N–H and O–H groups in total. The Bertz CT molecular complexity index is 446. The van der Waals surface area contributed by atoms with E-state index in [4.69, 9.17) is 0 Å². The molecule has 0 aliphatic carbocycles. The van der Waals surface area contributed by atoms with Crippen molar-refractivity contribution < 1.29 is 18.4 Å². The molecule has 1 rings (SSSR count). The Hall–Kier alpha value is -1.78. The standard InChI is InChI=1S/C12H13F2NO2/c1-7(8(2)16)12(17)15-6-9-3-4-10(13)5-11(9)14/h3-5,7H,6H2,1-2H3,(H,15,17). The topological polar surface area (TPSA) is 46.2 Å². The lowest BCUT2D eigenvalue weighted by Gasteiger charge is -2.09. The molecule has 0 saturated carbocycles. The fraction of sp³-hybridized carbons (Fsp3) is 0.333. The van der Waals surface area contributed by atoms with Crippen LogP contribution in [0, 0.1) is 17.6 Å². The van der Waals surface area contributed by atoms with Crippen molar-refractivity contribution >= 4 is 11.7 Å². The van der Waals surface area contributed by atoms with Crippen LogP contribution in [0.25, 0.3) is 0 Å². The molecule has 1 amide bonds. The smallest absolute Gasteiger partial charge is 0.230 e. The van der Waals surface area contributed by atoms with Gasteiger partial charge in [0, 0.05) is 18.2 Å². The molecule has 3 nitrogen and oxygen atoms in total. The summed E-state index contributed by atoms with van der Waals surface area (Å²) < 4.78 is 25.8. The fourth-order valence-electron chi connectivity index (χ4n) is 1.19. The van der Waals surface area contributed by atoms with Crippen molar-refractivity contribution in [1.29, 1.82) is 0 Å². The van der Waals surface area contributed by atoms with Gasteiger partial charge in [0.05, 0.1) is 5.92 Å². The highest BCUT2D eigenvalue weighted by Crippen LogP contribution is 2.09. The Morgan fingerprint density at radius 2 is 2.00 bits per heavy atom. The van der Waals surface area contributed by atoms with Crippen molar-refractivity contribution in [2.24, 2.45) is 5.92 Å². The molecule has 0 aliphatic heterocycles. The average Bonchev–Trinajstić information content (AvgIpc) is 2.26. The molecular formula is C12H13F2NO2. The van der Waals surface area contributed by atoms with Crippen LogP contribution in [0.1, 0.15) is 19.4 Å². The van der Waals surface area contributed by atoms with Gasteiger partial charge in [-0.3, -0.25) is 9.59 Å². The summed E-state index contributed by atoms with van der Waals surface area (Å²) >= 11 is 0. The summed E-state index contributed by atoms with van der Waals surface area (Å²) in [5.74, 6) is -2.89. The molecule has 0 spiro atoms. The molecule has 1 atom stereocenters. The number of hydrogen-bond acceptors (Lipinski definition) is 2. The lowest BCUT2D eigenvalue weighted by Crippen LogP contribution is -2.32. The molecule has 1 aromatic carbocycles. The number of rotatable bonds is 4. The maximum absolute atomic E-state index is 13.2. The largest absolute Gasteiger partial charge is 0.351 e. The number of amides is 1. The Morgan fingerprint density at radius 3 is 2.53 bits per heavy atom. The summed E-state index contributed by atoms with van der Waals surface area (Å²) in [6.07, 6.45) is 0. The van der Waals surface area contributed by atoms with Crippen molar-refractivity contribution in [3.05, 3.63) is 35.4 Å². The van der Waals surface area contributed by atoms with Gasteiger partial charge in [-0.15, -0.1) is 0 Å². The van der Waals surface area contributed by atoms with Crippen molar-refractivity contribution in [3.8, 4) is 0 Å². The maximum atomic E-state index is 13.2. The summed E-state index contributed by atoms with van der Waals surface area (Å²) in [4.78, 5) is 22.3. The predicted octanol–water partition coefficient (Wildman–Crippen LogP) is 1.81. The first-order valence-corrected chi connectivity index (χ1v) is 5.14. The Balaban J connectivity index is 2.62. The van der Waals surface area contributed by atoms with Crippen LogP contribution in [0.15, 0.2) is 18.2 Å². The van der Waals surface area contributed by atoms with Gasteiger partial charge < -0.3 is 5.32 Å². The molecule has 1 unspecified atom stereocenters. The molecule has 1 aromatic rings. The highest BCUT2D eigenvalue weighted by atomic mass is 19.1. The van der Waals surface area contributed by atoms with Crippen LogP contribution in [0.4, 0.5) is 8.78 Å². The molecule has 0 fully saturated rings. The molecule has 0 saturated heterocycles. The number of Topliss-reactive ketones (excluding diaryl/α,β-unsaturated/α-hetero) is 1. The van der Waals surface area contributed by atoms with Gasteiger partial charge in [-0.05, 0) is 19.9 Å². The highest BCUT2D eigenvalue weighted by Gasteiger charge is 2.17. The monoisotopic (exact) mass is 241 g/mol. The second kappa shape index (κ2) is 5.52. The minimum atomic E-state index is -0.765. The first-order valence-electron chi connectivity index (χ1n) is 5.14. The number of benzene rings is 1. The molecule has 0 aliphatic rings. The summed E-state index contributed by atoms with van der Waals surface area (Å²) in [5.41, 5.74) is 0.176. The van der Waals surface area contributed by atoms with Crippen molar-refractivity contribution in [2.75, 3.05) is 0 Å². The molecule has 92 valence electrons. The normalized spacial score (nSPS) is 12.0. The summed E-state index contributed by atoms with van der Waals surface area (Å²) in [7, 11) is 0. The summed E-state index contributed by atoms with van der Waals surface area (Å²) in [6.45, 7) is 2.71.